The highest BCUT2D eigenvalue weighted by Crippen LogP contribution is 2.04. The summed E-state index contributed by atoms with van der Waals surface area (Å²) in [6.45, 7) is 4.95. The van der Waals surface area contributed by atoms with E-state index < -0.39 is 0 Å². The molecule has 0 aromatic rings. The minimum Gasteiger partial charge on any atom is -0.330 e. The molecule has 0 spiro atoms. The maximum absolute atomic E-state index is 5.37. The van der Waals surface area contributed by atoms with Crippen molar-refractivity contribution in [3.05, 3.63) is 0 Å². The summed E-state index contributed by atoms with van der Waals surface area (Å²) in [6.07, 6.45) is 2.18. The summed E-state index contributed by atoms with van der Waals surface area (Å²) in [4.78, 5) is 0. The Balaban J connectivity index is 2.18. The van der Waals surface area contributed by atoms with E-state index in [1.54, 1.807) is 0 Å². The van der Waals surface area contributed by atoms with Crippen LogP contribution in [0.5, 0.6) is 0 Å². The smallest absolute Gasteiger partial charge is 0.0413 e. The zero-order chi connectivity index (χ0) is 7.40. The quantitative estimate of drug-likeness (QED) is 0.618. The van der Waals surface area contributed by atoms with Crippen LogP contribution in [-0.4, -0.2) is 30.4 Å². The second-order valence-corrected chi connectivity index (χ2v) is 2.68. The van der Waals surface area contributed by atoms with Crippen molar-refractivity contribution in [2.75, 3.05) is 19.6 Å². The molecule has 2 N–H and O–H groups in total. The SMILES string of the molecule is CC1=NN(CCCN)CC1. The molecule has 0 saturated carbocycles. The van der Waals surface area contributed by atoms with E-state index in [4.69, 9.17) is 5.73 Å². The summed E-state index contributed by atoms with van der Waals surface area (Å²) >= 11 is 0. The zero-order valence-electron chi connectivity index (χ0n) is 6.51. The molecule has 3 heteroatoms. The van der Waals surface area contributed by atoms with Crippen LogP contribution in [0.3, 0.4) is 0 Å². The minimum atomic E-state index is 0.769. The third-order valence-electron chi connectivity index (χ3n) is 1.66. The van der Waals surface area contributed by atoms with Gasteiger partial charge < -0.3 is 5.73 Å². The molecule has 10 heavy (non-hydrogen) atoms. The summed E-state index contributed by atoms with van der Waals surface area (Å²) in [6, 6.07) is 0. The number of hydrazone groups is 1. The van der Waals surface area contributed by atoms with Crippen molar-refractivity contribution < 1.29 is 0 Å². The lowest BCUT2D eigenvalue weighted by atomic mass is 10.3. The molecule has 0 bridgehead atoms. The number of rotatable bonds is 3. The van der Waals surface area contributed by atoms with Crippen molar-refractivity contribution >= 4 is 5.71 Å². The van der Waals surface area contributed by atoms with Crippen LogP contribution in [0.2, 0.25) is 0 Å². The fourth-order valence-corrected chi connectivity index (χ4v) is 1.07. The van der Waals surface area contributed by atoms with E-state index in [0.717, 1.165) is 32.5 Å². The Morgan fingerprint density at radius 1 is 1.70 bits per heavy atom. The molecule has 0 unspecified atom stereocenters. The van der Waals surface area contributed by atoms with E-state index in [9.17, 15) is 0 Å². The first kappa shape index (κ1) is 7.54. The summed E-state index contributed by atoms with van der Waals surface area (Å²) < 4.78 is 0. The lowest BCUT2D eigenvalue weighted by molar-refractivity contribution is 0.315. The topological polar surface area (TPSA) is 41.6 Å². The maximum Gasteiger partial charge on any atom is 0.0413 e. The first-order valence-electron chi connectivity index (χ1n) is 3.82. The molecule has 1 rings (SSSR count). The van der Waals surface area contributed by atoms with E-state index >= 15 is 0 Å². The average molecular weight is 141 g/mol. The summed E-state index contributed by atoms with van der Waals surface area (Å²) in [5.74, 6) is 0. The number of nitrogens with zero attached hydrogens (tertiary/aromatic N) is 2. The van der Waals surface area contributed by atoms with Gasteiger partial charge >= 0.3 is 0 Å². The highest BCUT2D eigenvalue weighted by molar-refractivity contribution is 5.82. The monoisotopic (exact) mass is 141 g/mol. The lowest BCUT2D eigenvalue weighted by Crippen LogP contribution is -2.18. The van der Waals surface area contributed by atoms with Crippen LogP contribution in [0.4, 0.5) is 0 Å². The Morgan fingerprint density at radius 2 is 2.50 bits per heavy atom. The molecule has 1 aliphatic rings. The maximum atomic E-state index is 5.37. The molecule has 0 aromatic heterocycles. The van der Waals surface area contributed by atoms with Crippen molar-refractivity contribution in [3.63, 3.8) is 0 Å². The molecule has 58 valence electrons. The first-order valence-corrected chi connectivity index (χ1v) is 3.82. The van der Waals surface area contributed by atoms with Crippen LogP contribution in [0, 0.1) is 0 Å². The van der Waals surface area contributed by atoms with E-state index in [-0.39, 0.29) is 0 Å². The van der Waals surface area contributed by atoms with E-state index in [1.807, 2.05) is 0 Å². The fraction of sp³-hybridized carbons (Fsp3) is 0.857. The van der Waals surface area contributed by atoms with E-state index in [1.165, 1.54) is 5.71 Å². The van der Waals surface area contributed by atoms with Gasteiger partial charge in [-0.2, -0.15) is 5.10 Å². The lowest BCUT2D eigenvalue weighted by Gasteiger charge is -2.11. The van der Waals surface area contributed by atoms with Crippen LogP contribution >= 0.6 is 0 Å². The van der Waals surface area contributed by atoms with E-state index in [2.05, 4.69) is 17.0 Å². The molecule has 1 heterocycles. The predicted octanol–water partition coefficient (Wildman–Crippen LogP) is 0.417. The van der Waals surface area contributed by atoms with Gasteiger partial charge in [-0.15, -0.1) is 0 Å². The second-order valence-electron chi connectivity index (χ2n) is 2.68. The molecule has 0 aromatic carbocycles. The Labute approximate surface area is 61.9 Å². The zero-order valence-corrected chi connectivity index (χ0v) is 6.51. The highest BCUT2D eigenvalue weighted by Gasteiger charge is 2.08. The Hall–Kier alpha value is -0.570. The van der Waals surface area contributed by atoms with Crippen LogP contribution < -0.4 is 5.73 Å². The van der Waals surface area contributed by atoms with Crippen molar-refractivity contribution in [2.24, 2.45) is 10.8 Å². The minimum absolute atomic E-state index is 0.769. The van der Waals surface area contributed by atoms with Gasteiger partial charge in [0.25, 0.3) is 0 Å². The Bertz CT molecular complexity index is 131. The van der Waals surface area contributed by atoms with Gasteiger partial charge in [0.05, 0.1) is 0 Å². The summed E-state index contributed by atoms with van der Waals surface area (Å²) in [7, 11) is 0. The molecule has 1 aliphatic heterocycles. The van der Waals surface area contributed by atoms with Crippen molar-refractivity contribution in [2.45, 2.75) is 19.8 Å². The van der Waals surface area contributed by atoms with Crippen molar-refractivity contribution in [1.29, 1.82) is 0 Å². The van der Waals surface area contributed by atoms with Gasteiger partial charge in [0, 0.05) is 25.2 Å². The molecule has 0 saturated heterocycles. The molecular weight excluding hydrogens is 126 g/mol. The molecule has 0 aliphatic carbocycles. The van der Waals surface area contributed by atoms with Crippen LogP contribution in [-0.2, 0) is 0 Å². The third-order valence-corrected chi connectivity index (χ3v) is 1.66. The van der Waals surface area contributed by atoms with Gasteiger partial charge in [0.1, 0.15) is 0 Å². The Morgan fingerprint density at radius 3 is 3.00 bits per heavy atom. The predicted molar refractivity (Wildman–Crippen MR) is 43.0 cm³/mol. The second kappa shape index (κ2) is 3.56. The summed E-state index contributed by atoms with van der Waals surface area (Å²) in [5.41, 5.74) is 6.61. The number of nitrogens with two attached hydrogens (primary N) is 1. The molecule has 0 fully saturated rings. The van der Waals surface area contributed by atoms with Crippen LogP contribution in [0.15, 0.2) is 5.10 Å². The largest absolute Gasteiger partial charge is 0.330 e. The standard InChI is InChI=1S/C7H15N3/c1-7-3-6-10(9-7)5-2-4-8/h2-6,8H2,1H3. The fourth-order valence-electron chi connectivity index (χ4n) is 1.07. The molecule has 3 nitrogen and oxygen atoms in total. The molecule has 0 radical (unpaired) electrons. The van der Waals surface area contributed by atoms with Crippen molar-refractivity contribution in [1.82, 2.24) is 5.01 Å². The van der Waals surface area contributed by atoms with Gasteiger partial charge in [-0.3, -0.25) is 5.01 Å². The average Bonchev–Trinajstić information content (AvgIpc) is 2.31. The molecule has 0 amide bonds. The molecular formula is C7H15N3. The van der Waals surface area contributed by atoms with Gasteiger partial charge in [-0.25, -0.2) is 0 Å². The van der Waals surface area contributed by atoms with Gasteiger partial charge in [0.2, 0.25) is 0 Å². The van der Waals surface area contributed by atoms with Gasteiger partial charge in [-0.1, -0.05) is 0 Å². The van der Waals surface area contributed by atoms with Crippen LogP contribution in [0.25, 0.3) is 0 Å². The van der Waals surface area contributed by atoms with Gasteiger partial charge in [-0.05, 0) is 19.9 Å². The number of hydrogen-bond donors (Lipinski definition) is 1. The van der Waals surface area contributed by atoms with E-state index in [0.29, 0.717) is 0 Å². The number of hydrogen-bond acceptors (Lipinski definition) is 3. The normalized spacial score (nSPS) is 17.8. The molecule has 0 atom stereocenters. The Kier molecular flexibility index (Phi) is 2.68. The highest BCUT2D eigenvalue weighted by atomic mass is 15.5. The van der Waals surface area contributed by atoms with Crippen LogP contribution in [0.1, 0.15) is 19.8 Å². The first-order chi connectivity index (χ1) is 4.83. The van der Waals surface area contributed by atoms with Gasteiger partial charge in [0.15, 0.2) is 0 Å². The van der Waals surface area contributed by atoms with Crippen molar-refractivity contribution in [3.8, 4) is 0 Å². The third kappa shape index (κ3) is 1.99. The summed E-state index contributed by atoms with van der Waals surface area (Å²) in [5, 5.41) is 6.42.